The SMILES string of the molecule is CC(C)[I-]c1cccnc1. The molecule has 0 saturated heterocycles. The van der Waals surface area contributed by atoms with Crippen LogP contribution in [-0.4, -0.2) is 8.91 Å². The minimum absolute atomic E-state index is 0.205. The molecular weight excluding hydrogens is 237 g/mol. The van der Waals surface area contributed by atoms with E-state index in [0.717, 1.165) is 3.92 Å². The standard InChI is InChI=1S/C8H11IN/c1-7(2)9-8-4-3-5-10-6-8/h3-7H,1-2H3/q-1. The summed E-state index contributed by atoms with van der Waals surface area (Å²) in [5.41, 5.74) is 0. The van der Waals surface area contributed by atoms with Crippen LogP contribution in [0, 0.1) is 3.57 Å². The third kappa shape index (κ3) is 2.64. The van der Waals surface area contributed by atoms with Gasteiger partial charge in [-0.2, -0.15) is 0 Å². The molecule has 56 valence electrons. The molecule has 0 amide bonds. The average Bonchev–Trinajstić information content (AvgIpc) is 1.88. The molecule has 0 saturated carbocycles. The number of nitrogens with zero attached hydrogens (tertiary/aromatic N) is 1. The Hall–Kier alpha value is -0.120. The van der Waals surface area contributed by atoms with Crippen LogP contribution in [0.4, 0.5) is 0 Å². The molecule has 0 N–H and O–H groups in total. The molecular formula is C8H11IN-. The summed E-state index contributed by atoms with van der Waals surface area (Å²) in [6.07, 6.45) is 3.81. The van der Waals surface area contributed by atoms with Gasteiger partial charge in [-0.3, -0.25) is 0 Å². The molecule has 0 bridgehead atoms. The molecule has 10 heavy (non-hydrogen) atoms. The zero-order chi connectivity index (χ0) is 7.40. The monoisotopic (exact) mass is 248 g/mol. The Kier molecular flexibility index (Phi) is 3.12. The molecule has 1 aromatic rings. The third-order valence-electron chi connectivity index (χ3n) is 0.970. The molecule has 0 aliphatic carbocycles. The van der Waals surface area contributed by atoms with Crippen LogP contribution in [0.5, 0.6) is 0 Å². The molecule has 0 aliphatic rings. The Balaban J connectivity index is 2.59. The normalized spacial score (nSPS) is 10.7. The van der Waals surface area contributed by atoms with Crippen molar-refractivity contribution in [2.24, 2.45) is 0 Å². The number of hydrogen-bond acceptors (Lipinski definition) is 1. The van der Waals surface area contributed by atoms with Crippen LogP contribution >= 0.6 is 0 Å². The number of aromatic nitrogens is 1. The first-order valence-corrected chi connectivity index (χ1v) is 5.65. The summed E-state index contributed by atoms with van der Waals surface area (Å²) >= 11 is 0.205. The second-order valence-electron chi connectivity index (χ2n) is 2.29. The van der Waals surface area contributed by atoms with E-state index < -0.39 is 0 Å². The van der Waals surface area contributed by atoms with Gasteiger partial charge < -0.3 is 0 Å². The second-order valence-corrected chi connectivity index (χ2v) is 6.65. The molecule has 0 aromatic carbocycles. The molecule has 1 heterocycles. The Morgan fingerprint density at radius 3 is 2.80 bits per heavy atom. The maximum absolute atomic E-state index is 4.07. The Bertz CT molecular complexity index is 184. The molecule has 0 fully saturated rings. The topological polar surface area (TPSA) is 12.9 Å². The fourth-order valence-electron chi connectivity index (χ4n) is 0.658. The van der Waals surface area contributed by atoms with E-state index in [1.807, 2.05) is 18.5 Å². The number of halogens is 1. The molecule has 1 nitrogen and oxygen atoms in total. The molecule has 1 aromatic heterocycles. The van der Waals surface area contributed by atoms with Gasteiger partial charge in [0.1, 0.15) is 0 Å². The molecule has 0 aliphatic heterocycles. The fourth-order valence-corrected chi connectivity index (χ4v) is 2.83. The minimum atomic E-state index is 0.205. The van der Waals surface area contributed by atoms with E-state index in [9.17, 15) is 0 Å². The Labute approximate surface area is 72.1 Å². The van der Waals surface area contributed by atoms with Gasteiger partial charge in [-0.25, -0.2) is 0 Å². The average molecular weight is 248 g/mol. The van der Waals surface area contributed by atoms with E-state index in [4.69, 9.17) is 0 Å². The van der Waals surface area contributed by atoms with Crippen LogP contribution in [0.25, 0.3) is 0 Å². The van der Waals surface area contributed by atoms with Crippen molar-refractivity contribution >= 4 is 0 Å². The van der Waals surface area contributed by atoms with Gasteiger partial charge in [0.25, 0.3) is 0 Å². The molecule has 0 unspecified atom stereocenters. The van der Waals surface area contributed by atoms with Gasteiger partial charge >= 0.3 is 72.1 Å². The van der Waals surface area contributed by atoms with Crippen LogP contribution in [-0.2, 0) is 0 Å². The number of hydrogen-bond donors (Lipinski definition) is 0. The fraction of sp³-hybridized carbons (Fsp3) is 0.375. The van der Waals surface area contributed by atoms with E-state index in [0.29, 0.717) is 0 Å². The summed E-state index contributed by atoms with van der Waals surface area (Å²) in [4.78, 5) is 4.07. The van der Waals surface area contributed by atoms with Crippen molar-refractivity contribution in [2.45, 2.75) is 17.8 Å². The number of alkyl halides is 1. The quantitative estimate of drug-likeness (QED) is 0.470. The predicted molar refractivity (Wildman–Crippen MR) is 38.1 cm³/mol. The van der Waals surface area contributed by atoms with Crippen LogP contribution in [0.1, 0.15) is 13.8 Å². The Morgan fingerprint density at radius 2 is 2.30 bits per heavy atom. The van der Waals surface area contributed by atoms with Gasteiger partial charge in [0.15, 0.2) is 0 Å². The van der Waals surface area contributed by atoms with Gasteiger partial charge in [0, 0.05) is 0 Å². The van der Waals surface area contributed by atoms with Crippen molar-refractivity contribution in [3.05, 3.63) is 28.1 Å². The summed E-state index contributed by atoms with van der Waals surface area (Å²) in [5.74, 6) is 0. The molecule has 1 rings (SSSR count). The van der Waals surface area contributed by atoms with Gasteiger partial charge in [0.05, 0.1) is 0 Å². The molecule has 2 heteroatoms. The van der Waals surface area contributed by atoms with Crippen molar-refractivity contribution in [3.63, 3.8) is 0 Å². The predicted octanol–water partition coefficient (Wildman–Crippen LogP) is -1.25. The second kappa shape index (κ2) is 3.91. The van der Waals surface area contributed by atoms with Crippen LogP contribution in [0.2, 0.25) is 0 Å². The van der Waals surface area contributed by atoms with E-state index >= 15 is 0 Å². The first-order valence-electron chi connectivity index (χ1n) is 3.32. The van der Waals surface area contributed by atoms with Gasteiger partial charge in [-0.15, -0.1) is 0 Å². The van der Waals surface area contributed by atoms with Gasteiger partial charge in [0.2, 0.25) is 0 Å². The Morgan fingerprint density at radius 1 is 1.50 bits per heavy atom. The summed E-state index contributed by atoms with van der Waals surface area (Å²) < 4.78 is 2.28. The molecule has 0 atom stereocenters. The maximum atomic E-state index is 4.07. The van der Waals surface area contributed by atoms with Crippen LogP contribution in [0.15, 0.2) is 24.5 Å². The first kappa shape index (κ1) is 7.98. The summed E-state index contributed by atoms with van der Waals surface area (Å²) in [6.45, 7) is 4.53. The van der Waals surface area contributed by atoms with E-state index in [-0.39, 0.29) is 21.2 Å². The van der Waals surface area contributed by atoms with Gasteiger partial charge in [-0.05, 0) is 0 Å². The van der Waals surface area contributed by atoms with Crippen molar-refractivity contribution in [2.75, 3.05) is 0 Å². The van der Waals surface area contributed by atoms with Crippen molar-refractivity contribution in [1.29, 1.82) is 0 Å². The zero-order valence-corrected chi connectivity index (χ0v) is 8.37. The zero-order valence-electron chi connectivity index (χ0n) is 6.21. The number of pyridine rings is 1. The summed E-state index contributed by atoms with van der Waals surface area (Å²) in [5, 5.41) is 0. The van der Waals surface area contributed by atoms with Crippen LogP contribution < -0.4 is 21.2 Å². The number of rotatable bonds is 2. The van der Waals surface area contributed by atoms with E-state index in [1.165, 1.54) is 3.57 Å². The van der Waals surface area contributed by atoms with E-state index in [1.54, 1.807) is 0 Å². The van der Waals surface area contributed by atoms with Crippen LogP contribution in [0.3, 0.4) is 0 Å². The molecule has 0 radical (unpaired) electrons. The van der Waals surface area contributed by atoms with E-state index in [2.05, 4.69) is 24.9 Å². The molecule has 0 spiro atoms. The van der Waals surface area contributed by atoms with Crippen molar-refractivity contribution in [1.82, 2.24) is 4.98 Å². The first-order chi connectivity index (χ1) is 4.79. The van der Waals surface area contributed by atoms with Crippen molar-refractivity contribution in [3.8, 4) is 0 Å². The van der Waals surface area contributed by atoms with Gasteiger partial charge in [-0.1, -0.05) is 0 Å². The summed E-state index contributed by atoms with van der Waals surface area (Å²) in [7, 11) is 0. The van der Waals surface area contributed by atoms with Crippen molar-refractivity contribution < 1.29 is 21.2 Å². The third-order valence-corrected chi connectivity index (χ3v) is 3.57. The summed E-state index contributed by atoms with van der Waals surface area (Å²) in [6, 6.07) is 4.18.